The molecule has 2 rings (SSSR count). The third kappa shape index (κ3) is 4.19. The predicted octanol–water partition coefficient (Wildman–Crippen LogP) is 1.57. The minimum Gasteiger partial charge on any atom is -0.338 e. The quantitative estimate of drug-likeness (QED) is 0.785. The van der Waals surface area contributed by atoms with Crippen molar-refractivity contribution in [2.45, 2.75) is 38.5 Å². The number of likely N-dealkylation sites (tertiary alicyclic amines) is 1. The fraction of sp³-hybridized carbons (Fsp3) is 0.923. The zero-order chi connectivity index (χ0) is 11.9. The smallest absolute Gasteiger partial charge is 0.317 e. The van der Waals surface area contributed by atoms with Gasteiger partial charge in [0, 0.05) is 19.6 Å². The van der Waals surface area contributed by atoms with Crippen LogP contribution < -0.4 is 10.6 Å². The van der Waals surface area contributed by atoms with E-state index in [1.54, 1.807) is 0 Å². The Bertz CT molecular complexity index is 231. The van der Waals surface area contributed by atoms with Crippen molar-refractivity contribution in [1.82, 2.24) is 15.5 Å². The number of carbonyl (C=O) groups is 1. The average Bonchev–Trinajstić information content (AvgIpc) is 2.69. The fourth-order valence-electron chi connectivity index (χ4n) is 2.73. The van der Waals surface area contributed by atoms with Crippen molar-refractivity contribution in [3.63, 3.8) is 0 Å². The van der Waals surface area contributed by atoms with Crippen molar-refractivity contribution < 1.29 is 4.79 Å². The lowest BCUT2D eigenvalue weighted by molar-refractivity contribution is 0.199. The van der Waals surface area contributed by atoms with Crippen LogP contribution in [-0.2, 0) is 0 Å². The van der Waals surface area contributed by atoms with Gasteiger partial charge in [-0.15, -0.1) is 0 Å². The molecule has 2 heterocycles. The highest BCUT2D eigenvalue weighted by Crippen LogP contribution is 2.12. The van der Waals surface area contributed by atoms with Crippen LogP contribution >= 0.6 is 0 Å². The van der Waals surface area contributed by atoms with E-state index < -0.39 is 0 Å². The molecule has 0 aromatic heterocycles. The summed E-state index contributed by atoms with van der Waals surface area (Å²) in [7, 11) is 0. The second-order valence-corrected chi connectivity index (χ2v) is 5.28. The normalized spacial score (nSPS) is 25.6. The third-order valence-electron chi connectivity index (χ3n) is 3.88. The minimum absolute atomic E-state index is 0.151. The lowest BCUT2D eigenvalue weighted by Gasteiger charge is -2.21. The van der Waals surface area contributed by atoms with Crippen LogP contribution in [0.4, 0.5) is 4.79 Å². The zero-order valence-electron chi connectivity index (χ0n) is 10.7. The van der Waals surface area contributed by atoms with Gasteiger partial charge < -0.3 is 15.5 Å². The van der Waals surface area contributed by atoms with Crippen LogP contribution in [-0.4, -0.2) is 43.7 Å². The molecule has 2 aliphatic heterocycles. The van der Waals surface area contributed by atoms with Crippen LogP contribution in [0.25, 0.3) is 0 Å². The molecule has 17 heavy (non-hydrogen) atoms. The van der Waals surface area contributed by atoms with Crippen LogP contribution in [0.2, 0.25) is 0 Å². The van der Waals surface area contributed by atoms with Crippen molar-refractivity contribution in [2.24, 2.45) is 5.92 Å². The number of hydrogen-bond donors (Lipinski definition) is 2. The van der Waals surface area contributed by atoms with E-state index in [9.17, 15) is 4.79 Å². The molecule has 2 N–H and O–H groups in total. The maximum atomic E-state index is 11.9. The molecule has 98 valence electrons. The van der Waals surface area contributed by atoms with E-state index in [4.69, 9.17) is 0 Å². The number of urea groups is 1. The highest BCUT2D eigenvalue weighted by molar-refractivity contribution is 5.74. The fourth-order valence-corrected chi connectivity index (χ4v) is 2.73. The summed E-state index contributed by atoms with van der Waals surface area (Å²) in [6.45, 7) is 4.99. The maximum Gasteiger partial charge on any atom is 0.317 e. The van der Waals surface area contributed by atoms with E-state index in [1.165, 1.54) is 32.1 Å². The number of nitrogens with zero attached hydrogens (tertiary/aromatic N) is 1. The highest BCUT2D eigenvalue weighted by atomic mass is 16.2. The van der Waals surface area contributed by atoms with Gasteiger partial charge in [0.2, 0.25) is 0 Å². The number of hydrogen-bond acceptors (Lipinski definition) is 2. The van der Waals surface area contributed by atoms with Crippen LogP contribution in [0.15, 0.2) is 0 Å². The van der Waals surface area contributed by atoms with Crippen LogP contribution in [0.3, 0.4) is 0 Å². The first-order chi connectivity index (χ1) is 8.36. The van der Waals surface area contributed by atoms with Gasteiger partial charge in [0.25, 0.3) is 0 Å². The van der Waals surface area contributed by atoms with Gasteiger partial charge in [-0.1, -0.05) is 12.8 Å². The van der Waals surface area contributed by atoms with Crippen molar-refractivity contribution in [3.8, 4) is 0 Å². The molecule has 2 saturated heterocycles. The first kappa shape index (κ1) is 12.7. The second kappa shape index (κ2) is 6.84. The zero-order valence-corrected chi connectivity index (χ0v) is 10.7. The van der Waals surface area contributed by atoms with Gasteiger partial charge in [0.15, 0.2) is 0 Å². The highest BCUT2D eigenvalue weighted by Gasteiger charge is 2.17. The largest absolute Gasteiger partial charge is 0.338 e. The van der Waals surface area contributed by atoms with Gasteiger partial charge in [0.05, 0.1) is 0 Å². The monoisotopic (exact) mass is 239 g/mol. The van der Waals surface area contributed by atoms with Gasteiger partial charge in [-0.25, -0.2) is 4.79 Å². The Morgan fingerprint density at radius 1 is 1.24 bits per heavy atom. The topological polar surface area (TPSA) is 44.4 Å². The van der Waals surface area contributed by atoms with Crippen LogP contribution in [0.5, 0.6) is 0 Å². The van der Waals surface area contributed by atoms with Gasteiger partial charge in [-0.3, -0.25) is 0 Å². The Morgan fingerprint density at radius 2 is 2.00 bits per heavy atom. The summed E-state index contributed by atoms with van der Waals surface area (Å²) in [5, 5.41) is 6.43. The number of carbonyl (C=O) groups excluding carboxylic acids is 1. The first-order valence-corrected chi connectivity index (χ1v) is 7.10. The summed E-state index contributed by atoms with van der Waals surface area (Å²) in [6.07, 6.45) is 7.27. The molecule has 1 unspecified atom stereocenters. The van der Waals surface area contributed by atoms with Gasteiger partial charge in [0.1, 0.15) is 0 Å². The van der Waals surface area contributed by atoms with E-state index in [-0.39, 0.29) is 6.03 Å². The number of amides is 2. The van der Waals surface area contributed by atoms with Gasteiger partial charge in [-0.05, 0) is 44.7 Å². The van der Waals surface area contributed by atoms with E-state index in [1.807, 2.05) is 4.90 Å². The Hall–Kier alpha value is -0.770. The van der Waals surface area contributed by atoms with E-state index >= 15 is 0 Å². The summed E-state index contributed by atoms with van der Waals surface area (Å²) >= 11 is 0. The molecule has 2 amide bonds. The van der Waals surface area contributed by atoms with Crippen LogP contribution in [0, 0.1) is 5.92 Å². The Labute approximate surface area is 104 Å². The minimum atomic E-state index is 0.151. The van der Waals surface area contributed by atoms with Gasteiger partial charge in [-0.2, -0.15) is 0 Å². The standard InChI is InChI=1S/C13H25N3O/c17-13(16-9-3-1-2-4-10-16)15-8-6-12-5-7-14-11-12/h12,14H,1-11H2,(H,15,17). The Kier molecular flexibility index (Phi) is 5.10. The first-order valence-electron chi connectivity index (χ1n) is 7.10. The van der Waals surface area contributed by atoms with Gasteiger partial charge >= 0.3 is 6.03 Å². The van der Waals surface area contributed by atoms with E-state index in [0.29, 0.717) is 0 Å². The lowest BCUT2D eigenvalue weighted by Crippen LogP contribution is -2.41. The van der Waals surface area contributed by atoms with Crippen molar-refractivity contribution in [1.29, 1.82) is 0 Å². The number of nitrogens with one attached hydrogen (secondary N) is 2. The SMILES string of the molecule is O=C(NCCC1CCNC1)N1CCCCCC1. The molecule has 0 spiro atoms. The molecule has 1 atom stereocenters. The average molecular weight is 239 g/mol. The molecule has 2 aliphatic rings. The molecule has 0 aliphatic carbocycles. The predicted molar refractivity (Wildman–Crippen MR) is 69.0 cm³/mol. The van der Waals surface area contributed by atoms with Crippen molar-refractivity contribution in [2.75, 3.05) is 32.7 Å². The van der Waals surface area contributed by atoms with Crippen molar-refractivity contribution >= 4 is 6.03 Å². The van der Waals surface area contributed by atoms with E-state index in [0.717, 1.165) is 45.1 Å². The molecule has 0 bridgehead atoms. The maximum absolute atomic E-state index is 11.9. The lowest BCUT2D eigenvalue weighted by atomic mass is 10.1. The molecule has 0 aromatic rings. The van der Waals surface area contributed by atoms with Crippen LogP contribution in [0.1, 0.15) is 38.5 Å². The van der Waals surface area contributed by atoms with Crippen molar-refractivity contribution in [3.05, 3.63) is 0 Å². The molecule has 2 fully saturated rings. The molecule has 0 saturated carbocycles. The molecule has 4 heteroatoms. The molecule has 0 radical (unpaired) electrons. The summed E-state index contributed by atoms with van der Waals surface area (Å²) in [5.74, 6) is 0.763. The van der Waals surface area contributed by atoms with E-state index in [2.05, 4.69) is 10.6 Å². The molecule has 0 aromatic carbocycles. The second-order valence-electron chi connectivity index (χ2n) is 5.28. The Balaban J connectivity index is 1.61. The molecular weight excluding hydrogens is 214 g/mol. The number of rotatable bonds is 3. The summed E-state index contributed by atoms with van der Waals surface area (Å²) in [6, 6.07) is 0.151. The summed E-state index contributed by atoms with van der Waals surface area (Å²) in [5.41, 5.74) is 0. The molecule has 4 nitrogen and oxygen atoms in total. The molecular formula is C13H25N3O. The Morgan fingerprint density at radius 3 is 2.65 bits per heavy atom. The summed E-state index contributed by atoms with van der Waals surface area (Å²) < 4.78 is 0. The summed E-state index contributed by atoms with van der Waals surface area (Å²) in [4.78, 5) is 13.9. The third-order valence-corrected chi connectivity index (χ3v) is 3.88.